The Morgan fingerprint density at radius 2 is 1.67 bits per heavy atom. The minimum Gasteiger partial charge on any atom is -0.357 e. The van der Waals surface area contributed by atoms with Crippen molar-refractivity contribution in [1.29, 1.82) is 0 Å². The molecule has 3 rings (SSSR count). The van der Waals surface area contributed by atoms with Gasteiger partial charge in [0.05, 0.1) is 0 Å². The zero-order chi connectivity index (χ0) is 18.9. The summed E-state index contributed by atoms with van der Waals surface area (Å²) in [5.74, 6) is 2.87. The number of guanidine groups is 1. The zero-order valence-corrected chi connectivity index (χ0v) is 17.9. The minimum absolute atomic E-state index is 0.567. The predicted octanol–water partition coefficient (Wildman–Crippen LogP) is 2.93. The molecular weight excluding hydrogens is 334 g/mol. The molecule has 2 heterocycles. The van der Waals surface area contributed by atoms with Crippen molar-refractivity contribution >= 4 is 5.96 Å². The van der Waals surface area contributed by atoms with Gasteiger partial charge >= 0.3 is 0 Å². The average Bonchev–Trinajstić information content (AvgIpc) is 3.35. The maximum atomic E-state index is 4.90. The quantitative estimate of drug-likeness (QED) is 0.504. The summed E-state index contributed by atoms with van der Waals surface area (Å²) in [5.41, 5.74) is 0. The Balaban J connectivity index is 1.37. The van der Waals surface area contributed by atoms with Gasteiger partial charge in [0, 0.05) is 38.8 Å². The third-order valence-electron chi connectivity index (χ3n) is 6.91. The SMILES string of the molecule is CCNC(=NCCC1CCN(CC)CC1)NC1CCN(CC2CCCC2)C1. The lowest BCUT2D eigenvalue weighted by molar-refractivity contribution is 0.188. The van der Waals surface area contributed by atoms with E-state index in [0.29, 0.717) is 6.04 Å². The van der Waals surface area contributed by atoms with Crippen LogP contribution in [0, 0.1) is 11.8 Å². The molecule has 2 saturated heterocycles. The van der Waals surface area contributed by atoms with Gasteiger partial charge < -0.3 is 20.4 Å². The van der Waals surface area contributed by atoms with Gasteiger partial charge in [-0.1, -0.05) is 19.8 Å². The molecule has 5 heteroatoms. The molecule has 1 atom stereocenters. The van der Waals surface area contributed by atoms with Crippen LogP contribution in [-0.2, 0) is 0 Å². The summed E-state index contributed by atoms with van der Waals surface area (Å²) in [7, 11) is 0. The molecule has 27 heavy (non-hydrogen) atoms. The summed E-state index contributed by atoms with van der Waals surface area (Å²) in [5, 5.41) is 7.18. The van der Waals surface area contributed by atoms with E-state index in [1.165, 1.54) is 90.6 Å². The van der Waals surface area contributed by atoms with Crippen molar-refractivity contribution in [2.24, 2.45) is 16.8 Å². The number of nitrogens with one attached hydrogen (secondary N) is 2. The highest BCUT2D eigenvalue weighted by Crippen LogP contribution is 2.26. The highest BCUT2D eigenvalue weighted by molar-refractivity contribution is 5.80. The van der Waals surface area contributed by atoms with E-state index in [9.17, 15) is 0 Å². The lowest BCUT2D eigenvalue weighted by atomic mass is 9.94. The van der Waals surface area contributed by atoms with Crippen LogP contribution < -0.4 is 10.6 Å². The normalized spacial score (nSPS) is 26.7. The molecule has 2 aliphatic heterocycles. The van der Waals surface area contributed by atoms with Crippen LogP contribution in [-0.4, -0.2) is 74.2 Å². The molecule has 0 aromatic heterocycles. The van der Waals surface area contributed by atoms with Crippen LogP contribution >= 0.6 is 0 Å². The second-order valence-corrected chi connectivity index (χ2v) is 8.97. The van der Waals surface area contributed by atoms with Gasteiger partial charge in [-0.05, 0) is 76.9 Å². The topological polar surface area (TPSA) is 42.9 Å². The summed E-state index contributed by atoms with van der Waals surface area (Å²) in [6.45, 7) is 13.9. The number of aliphatic imine (C=N–C) groups is 1. The third kappa shape index (κ3) is 6.94. The van der Waals surface area contributed by atoms with Crippen LogP contribution in [0.2, 0.25) is 0 Å². The van der Waals surface area contributed by atoms with E-state index in [0.717, 1.165) is 30.9 Å². The molecule has 3 aliphatic rings. The van der Waals surface area contributed by atoms with Gasteiger partial charge in [-0.25, -0.2) is 0 Å². The van der Waals surface area contributed by atoms with Crippen molar-refractivity contribution in [2.45, 2.75) is 71.3 Å². The maximum Gasteiger partial charge on any atom is 0.191 e. The van der Waals surface area contributed by atoms with Gasteiger partial charge in [-0.2, -0.15) is 0 Å². The number of nitrogens with zero attached hydrogens (tertiary/aromatic N) is 3. The van der Waals surface area contributed by atoms with Gasteiger partial charge in [0.1, 0.15) is 0 Å². The third-order valence-corrected chi connectivity index (χ3v) is 6.91. The number of likely N-dealkylation sites (tertiary alicyclic amines) is 2. The van der Waals surface area contributed by atoms with E-state index in [4.69, 9.17) is 4.99 Å². The first kappa shape index (κ1) is 20.9. The average molecular weight is 378 g/mol. The van der Waals surface area contributed by atoms with Gasteiger partial charge in [0.2, 0.25) is 0 Å². The Morgan fingerprint density at radius 1 is 0.926 bits per heavy atom. The molecule has 0 spiro atoms. The van der Waals surface area contributed by atoms with Crippen LogP contribution in [0.3, 0.4) is 0 Å². The second kappa shape index (κ2) is 11.3. The summed E-state index contributed by atoms with van der Waals surface area (Å²) in [4.78, 5) is 10.2. The maximum absolute atomic E-state index is 4.90. The van der Waals surface area contributed by atoms with Gasteiger partial charge in [0.25, 0.3) is 0 Å². The fourth-order valence-electron chi connectivity index (χ4n) is 5.14. The molecule has 1 aliphatic carbocycles. The van der Waals surface area contributed by atoms with Gasteiger partial charge in [-0.3, -0.25) is 4.99 Å². The second-order valence-electron chi connectivity index (χ2n) is 8.97. The molecule has 0 aromatic carbocycles. The van der Waals surface area contributed by atoms with E-state index in [1.54, 1.807) is 0 Å². The predicted molar refractivity (Wildman–Crippen MR) is 115 cm³/mol. The number of rotatable bonds is 8. The Bertz CT molecular complexity index is 438. The van der Waals surface area contributed by atoms with Crippen molar-refractivity contribution < 1.29 is 0 Å². The Morgan fingerprint density at radius 3 is 2.37 bits per heavy atom. The molecule has 0 radical (unpaired) electrons. The molecule has 0 aromatic rings. The highest BCUT2D eigenvalue weighted by Gasteiger charge is 2.26. The zero-order valence-electron chi connectivity index (χ0n) is 17.9. The van der Waals surface area contributed by atoms with Crippen LogP contribution in [0.15, 0.2) is 4.99 Å². The van der Waals surface area contributed by atoms with E-state index in [1.807, 2.05) is 0 Å². The molecule has 2 N–H and O–H groups in total. The van der Waals surface area contributed by atoms with Crippen molar-refractivity contribution in [3.05, 3.63) is 0 Å². The van der Waals surface area contributed by atoms with Crippen molar-refractivity contribution in [3.63, 3.8) is 0 Å². The Kier molecular flexibility index (Phi) is 8.72. The van der Waals surface area contributed by atoms with E-state index < -0.39 is 0 Å². The lowest BCUT2D eigenvalue weighted by Crippen LogP contribution is -2.45. The highest BCUT2D eigenvalue weighted by atomic mass is 15.2. The van der Waals surface area contributed by atoms with E-state index >= 15 is 0 Å². The number of piperidine rings is 1. The summed E-state index contributed by atoms with van der Waals surface area (Å²) >= 11 is 0. The first-order valence-corrected chi connectivity index (χ1v) is 11.8. The molecule has 5 nitrogen and oxygen atoms in total. The van der Waals surface area contributed by atoms with Crippen molar-refractivity contribution in [1.82, 2.24) is 20.4 Å². The summed E-state index contributed by atoms with van der Waals surface area (Å²) in [6.07, 6.45) is 11.0. The Hall–Kier alpha value is -0.810. The summed E-state index contributed by atoms with van der Waals surface area (Å²) < 4.78 is 0. The molecule has 1 saturated carbocycles. The van der Waals surface area contributed by atoms with Crippen LogP contribution in [0.5, 0.6) is 0 Å². The summed E-state index contributed by atoms with van der Waals surface area (Å²) in [6, 6.07) is 0.567. The van der Waals surface area contributed by atoms with E-state index in [2.05, 4.69) is 34.3 Å². The molecule has 0 bridgehead atoms. The molecule has 1 unspecified atom stereocenters. The standard InChI is InChI=1S/C22H43N5/c1-3-23-22(24-13-9-19-10-14-26(4-2)15-11-19)25-21-12-16-27(18-21)17-20-7-5-6-8-20/h19-21H,3-18H2,1-2H3,(H2,23,24,25). The van der Waals surface area contributed by atoms with E-state index in [-0.39, 0.29) is 0 Å². The van der Waals surface area contributed by atoms with Gasteiger partial charge in [0.15, 0.2) is 5.96 Å². The van der Waals surface area contributed by atoms with Crippen LogP contribution in [0.1, 0.15) is 65.2 Å². The van der Waals surface area contributed by atoms with Gasteiger partial charge in [-0.15, -0.1) is 0 Å². The van der Waals surface area contributed by atoms with Crippen LogP contribution in [0.4, 0.5) is 0 Å². The van der Waals surface area contributed by atoms with Crippen molar-refractivity contribution in [2.75, 3.05) is 52.4 Å². The van der Waals surface area contributed by atoms with Crippen LogP contribution in [0.25, 0.3) is 0 Å². The molecule has 3 fully saturated rings. The lowest BCUT2D eigenvalue weighted by Gasteiger charge is -2.30. The Labute approximate surface area is 167 Å². The number of hydrogen-bond acceptors (Lipinski definition) is 3. The smallest absolute Gasteiger partial charge is 0.191 e. The minimum atomic E-state index is 0.567. The van der Waals surface area contributed by atoms with Crippen molar-refractivity contribution in [3.8, 4) is 0 Å². The molecular formula is C22H43N5. The molecule has 0 amide bonds. The molecule has 156 valence electrons. The largest absolute Gasteiger partial charge is 0.357 e. The fourth-order valence-corrected chi connectivity index (χ4v) is 5.14. The monoisotopic (exact) mass is 377 g/mol. The fraction of sp³-hybridized carbons (Fsp3) is 0.955. The number of hydrogen-bond donors (Lipinski definition) is 2. The first-order chi connectivity index (χ1) is 13.3. The first-order valence-electron chi connectivity index (χ1n) is 11.8.